The van der Waals surface area contributed by atoms with Gasteiger partial charge in [0.15, 0.2) is 6.29 Å². The van der Waals surface area contributed by atoms with E-state index in [1.165, 1.54) is 18.4 Å². The fourth-order valence-electron chi connectivity index (χ4n) is 4.77. The van der Waals surface area contributed by atoms with Gasteiger partial charge in [-0.25, -0.2) is 4.79 Å². The lowest BCUT2D eigenvalue weighted by Crippen LogP contribution is -2.61. The van der Waals surface area contributed by atoms with Crippen molar-refractivity contribution in [1.82, 2.24) is 0 Å². The van der Waals surface area contributed by atoms with Crippen LogP contribution in [0.4, 0.5) is 0 Å². The first-order valence-corrected chi connectivity index (χ1v) is 11.4. The maximum absolute atomic E-state index is 12.3. The highest BCUT2D eigenvalue weighted by atomic mass is 16.8. The van der Waals surface area contributed by atoms with E-state index < -0.39 is 85.8 Å². The molecule has 0 bridgehead atoms. The minimum Gasteiger partial charge on any atom is -0.472 e. The van der Waals surface area contributed by atoms with Gasteiger partial charge < -0.3 is 54.7 Å². The second-order valence-corrected chi connectivity index (χ2v) is 9.05. The van der Waals surface area contributed by atoms with E-state index in [4.69, 9.17) is 18.9 Å². The van der Waals surface area contributed by atoms with Crippen LogP contribution >= 0.6 is 0 Å². The summed E-state index contributed by atoms with van der Waals surface area (Å²) in [6.07, 6.45) is -7.38. The molecule has 1 aliphatic carbocycles. The van der Waals surface area contributed by atoms with E-state index in [-0.39, 0.29) is 0 Å². The Morgan fingerprint density at radius 1 is 1.00 bits per heavy atom. The molecule has 0 radical (unpaired) electrons. The van der Waals surface area contributed by atoms with Gasteiger partial charge in [-0.15, -0.1) is 0 Å². The first kappa shape index (κ1) is 26.7. The molecule has 2 aliphatic heterocycles. The molecule has 0 amide bonds. The van der Waals surface area contributed by atoms with Crippen molar-refractivity contribution in [2.24, 2.45) is 11.8 Å². The average molecular weight is 510 g/mol. The first-order chi connectivity index (χ1) is 17.2. The summed E-state index contributed by atoms with van der Waals surface area (Å²) in [7, 11) is 0. The van der Waals surface area contributed by atoms with Gasteiger partial charge >= 0.3 is 5.97 Å². The normalized spacial score (nSPS) is 42.2. The summed E-state index contributed by atoms with van der Waals surface area (Å²) in [4.78, 5) is 12.3. The van der Waals surface area contributed by atoms with Crippen LogP contribution in [0.3, 0.4) is 0 Å². The van der Waals surface area contributed by atoms with Crippen LogP contribution < -0.4 is 0 Å². The number of carbonyl (C=O) groups is 1. The van der Waals surface area contributed by atoms with Gasteiger partial charge in [0, 0.05) is 12.0 Å². The van der Waals surface area contributed by atoms with Crippen LogP contribution in [0, 0.1) is 11.8 Å². The number of aliphatic hydroxyl groups is 7. The molecule has 11 atom stereocenters. The predicted octanol–water partition coefficient (Wildman–Crippen LogP) is -2.37. The summed E-state index contributed by atoms with van der Waals surface area (Å²) >= 11 is 0. The Labute approximate surface area is 206 Å². The number of fused-ring (bicyclic) bond motifs is 1. The zero-order valence-electron chi connectivity index (χ0n) is 19.1. The van der Waals surface area contributed by atoms with E-state index in [9.17, 15) is 40.5 Å². The van der Waals surface area contributed by atoms with Gasteiger partial charge in [0.1, 0.15) is 42.7 Å². The highest BCUT2D eigenvalue weighted by Gasteiger charge is 2.64. The van der Waals surface area contributed by atoms with Crippen molar-refractivity contribution in [3.05, 3.63) is 54.3 Å². The monoisotopic (exact) mass is 510 g/mol. The molecule has 12 heteroatoms. The molecule has 12 nitrogen and oxygen atoms in total. The molecule has 4 rings (SSSR count). The zero-order valence-corrected chi connectivity index (χ0v) is 19.1. The molecule has 36 heavy (non-hydrogen) atoms. The van der Waals surface area contributed by atoms with Crippen molar-refractivity contribution >= 4 is 12.0 Å². The van der Waals surface area contributed by atoms with Gasteiger partial charge in [-0.05, 0) is 17.7 Å². The molecule has 1 saturated carbocycles. The lowest BCUT2D eigenvalue weighted by atomic mass is 9.83. The first-order valence-electron chi connectivity index (χ1n) is 11.4. The third-order valence-electron chi connectivity index (χ3n) is 6.80. The van der Waals surface area contributed by atoms with Crippen LogP contribution in [0.1, 0.15) is 5.56 Å². The molecule has 1 aromatic rings. The number of ether oxygens (including phenoxy) is 4. The van der Waals surface area contributed by atoms with Crippen molar-refractivity contribution in [3.8, 4) is 0 Å². The summed E-state index contributed by atoms with van der Waals surface area (Å²) in [6, 6.07) is 8.93. The van der Waals surface area contributed by atoms with Crippen LogP contribution in [0.15, 0.2) is 48.7 Å². The minimum absolute atomic E-state index is 0.684. The van der Waals surface area contributed by atoms with Crippen LogP contribution in [0.2, 0.25) is 0 Å². The largest absolute Gasteiger partial charge is 0.472 e. The number of esters is 1. The molecular formula is C24H30O12. The highest BCUT2D eigenvalue weighted by molar-refractivity contribution is 5.87. The second kappa shape index (κ2) is 10.9. The highest BCUT2D eigenvalue weighted by Crippen LogP contribution is 2.47. The van der Waals surface area contributed by atoms with Gasteiger partial charge in [-0.3, -0.25) is 0 Å². The number of benzene rings is 1. The van der Waals surface area contributed by atoms with Crippen molar-refractivity contribution in [3.63, 3.8) is 0 Å². The van der Waals surface area contributed by atoms with Crippen molar-refractivity contribution in [1.29, 1.82) is 0 Å². The fraction of sp³-hybridized carbons (Fsp3) is 0.542. The van der Waals surface area contributed by atoms with E-state index >= 15 is 0 Å². The van der Waals surface area contributed by atoms with Crippen LogP contribution in [0.5, 0.6) is 0 Å². The van der Waals surface area contributed by atoms with Crippen molar-refractivity contribution in [2.45, 2.75) is 54.8 Å². The Hall–Kier alpha value is -2.39. The molecule has 3 aliphatic rings. The van der Waals surface area contributed by atoms with Crippen molar-refractivity contribution in [2.75, 3.05) is 13.2 Å². The topological polar surface area (TPSA) is 196 Å². The predicted molar refractivity (Wildman–Crippen MR) is 119 cm³/mol. The molecule has 2 fully saturated rings. The van der Waals surface area contributed by atoms with Gasteiger partial charge in [0.2, 0.25) is 6.29 Å². The van der Waals surface area contributed by atoms with Crippen LogP contribution in [-0.4, -0.2) is 110 Å². The van der Waals surface area contributed by atoms with E-state index in [1.807, 2.05) is 6.07 Å². The van der Waals surface area contributed by atoms with E-state index in [0.717, 1.165) is 11.6 Å². The second-order valence-electron chi connectivity index (χ2n) is 9.05. The summed E-state index contributed by atoms with van der Waals surface area (Å²) in [5, 5.41) is 72.3. The summed E-state index contributed by atoms with van der Waals surface area (Å²) in [5.74, 6) is -2.91. The van der Waals surface area contributed by atoms with E-state index in [1.54, 1.807) is 24.3 Å². The Morgan fingerprint density at radius 3 is 2.42 bits per heavy atom. The standard InChI is InChI=1S/C24H30O12/c25-10-14-18(28)19(29)20(30)23(35-14)36-22-16-13(8-9-33-22)17(27)21(31)24(16,32)11-34-15(26)7-6-12-4-2-1-3-5-12/h1-9,13-14,16-23,25,27-32H,10-11H2. The average Bonchev–Trinajstić information content (AvgIpc) is 3.09. The van der Waals surface area contributed by atoms with Gasteiger partial charge in [-0.2, -0.15) is 0 Å². The maximum atomic E-state index is 12.3. The Morgan fingerprint density at radius 2 is 1.72 bits per heavy atom. The molecule has 7 N–H and O–H groups in total. The van der Waals surface area contributed by atoms with E-state index in [2.05, 4.69) is 0 Å². The molecule has 0 aromatic heterocycles. The lowest BCUT2D eigenvalue weighted by molar-refractivity contribution is -0.348. The fourth-order valence-corrected chi connectivity index (χ4v) is 4.77. The Kier molecular flexibility index (Phi) is 8.09. The molecule has 198 valence electrons. The van der Waals surface area contributed by atoms with Crippen LogP contribution in [-0.2, 0) is 23.7 Å². The smallest absolute Gasteiger partial charge is 0.330 e. The number of hydrogen-bond donors (Lipinski definition) is 7. The minimum atomic E-state index is -2.23. The SMILES string of the molecule is O=C(C=Cc1ccccc1)OCC1(O)C(O)C(O)C2C=COC(OC3OC(CO)C(O)C(O)C3O)C21. The lowest BCUT2D eigenvalue weighted by Gasteiger charge is -2.44. The zero-order chi connectivity index (χ0) is 26.0. The quantitative estimate of drug-likeness (QED) is 0.152. The Balaban J connectivity index is 1.49. The summed E-state index contributed by atoms with van der Waals surface area (Å²) in [5.41, 5.74) is -1.49. The third-order valence-corrected chi connectivity index (χ3v) is 6.80. The number of hydrogen-bond acceptors (Lipinski definition) is 12. The molecule has 0 spiro atoms. The molecule has 11 unspecified atom stereocenters. The van der Waals surface area contributed by atoms with Gasteiger partial charge in [-0.1, -0.05) is 30.3 Å². The molecule has 2 heterocycles. The Bertz CT molecular complexity index is 952. The van der Waals surface area contributed by atoms with Crippen LogP contribution in [0.25, 0.3) is 6.08 Å². The molecule has 1 aromatic carbocycles. The third kappa shape index (κ3) is 5.05. The van der Waals surface area contributed by atoms with Gasteiger partial charge in [0.25, 0.3) is 0 Å². The molecular weight excluding hydrogens is 480 g/mol. The number of carbonyl (C=O) groups excluding carboxylic acids is 1. The maximum Gasteiger partial charge on any atom is 0.330 e. The molecule has 1 saturated heterocycles. The van der Waals surface area contributed by atoms with Crippen molar-refractivity contribution < 1.29 is 59.5 Å². The van der Waals surface area contributed by atoms with E-state index in [0.29, 0.717) is 0 Å². The summed E-state index contributed by atoms with van der Waals surface area (Å²) < 4.78 is 21.6. The van der Waals surface area contributed by atoms with Gasteiger partial charge in [0.05, 0.1) is 24.9 Å². The number of aliphatic hydroxyl groups excluding tert-OH is 6. The summed E-state index contributed by atoms with van der Waals surface area (Å²) in [6.45, 7) is -1.41. The number of rotatable bonds is 7.